The monoisotopic (exact) mass is 400 g/mol. The van der Waals surface area contributed by atoms with Crippen molar-refractivity contribution in [2.45, 2.75) is 26.4 Å². The van der Waals surface area contributed by atoms with Crippen LogP contribution in [0.25, 0.3) is 11.0 Å². The molecule has 152 valence electrons. The van der Waals surface area contributed by atoms with E-state index < -0.39 is 0 Å². The fourth-order valence-corrected chi connectivity index (χ4v) is 3.47. The third-order valence-electron chi connectivity index (χ3n) is 4.93. The minimum absolute atomic E-state index is 0.153. The Balaban J connectivity index is 1.54. The Labute approximate surface area is 175 Å². The van der Waals surface area contributed by atoms with Gasteiger partial charge in [0.1, 0.15) is 18.2 Å². The molecule has 0 spiro atoms. The highest BCUT2D eigenvalue weighted by atomic mass is 16.5. The van der Waals surface area contributed by atoms with Crippen molar-refractivity contribution in [3.63, 3.8) is 0 Å². The lowest BCUT2D eigenvalue weighted by atomic mass is 10.2. The van der Waals surface area contributed by atoms with E-state index in [0.29, 0.717) is 18.7 Å². The third-order valence-corrected chi connectivity index (χ3v) is 4.93. The molecule has 4 aromatic rings. The topological polar surface area (TPSA) is 69.0 Å². The Bertz CT molecular complexity index is 1150. The normalized spacial score (nSPS) is 11.9. The molecule has 0 aliphatic carbocycles. The Morgan fingerprint density at radius 1 is 1.10 bits per heavy atom. The highest BCUT2D eigenvalue weighted by Gasteiger charge is 2.19. The van der Waals surface area contributed by atoms with E-state index in [0.717, 1.165) is 28.2 Å². The molecule has 0 saturated carbocycles. The molecule has 6 heteroatoms. The number of nitrogens with zero attached hydrogens (tertiary/aromatic N) is 3. The van der Waals surface area contributed by atoms with Crippen LogP contribution in [0, 0.1) is 6.92 Å². The number of benzene rings is 2. The summed E-state index contributed by atoms with van der Waals surface area (Å²) in [5.41, 5.74) is 3.65. The summed E-state index contributed by atoms with van der Waals surface area (Å²) in [7, 11) is 0. The van der Waals surface area contributed by atoms with Gasteiger partial charge >= 0.3 is 0 Å². The van der Waals surface area contributed by atoms with Gasteiger partial charge in [-0.15, -0.1) is 0 Å². The average molecular weight is 400 g/mol. The number of para-hydroxylation sites is 2. The fraction of sp³-hybridized carbons (Fsp3) is 0.208. The lowest BCUT2D eigenvalue weighted by molar-refractivity contribution is 0.0937. The number of rotatable bonds is 7. The fourth-order valence-electron chi connectivity index (χ4n) is 3.47. The van der Waals surface area contributed by atoms with Gasteiger partial charge in [-0.2, -0.15) is 0 Å². The average Bonchev–Trinajstić information content (AvgIpc) is 3.13. The first kappa shape index (κ1) is 19.6. The van der Waals surface area contributed by atoms with Crippen molar-refractivity contribution in [1.29, 1.82) is 0 Å². The summed E-state index contributed by atoms with van der Waals surface area (Å²) in [5, 5.41) is 3.04. The number of nitrogens with one attached hydrogen (secondary N) is 1. The molecule has 30 heavy (non-hydrogen) atoms. The summed E-state index contributed by atoms with van der Waals surface area (Å²) in [6, 6.07) is 19.1. The van der Waals surface area contributed by atoms with Crippen LogP contribution in [-0.4, -0.2) is 27.0 Å². The Kier molecular flexibility index (Phi) is 5.75. The number of amides is 1. The third kappa shape index (κ3) is 4.33. The van der Waals surface area contributed by atoms with Crippen molar-refractivity contribution in [1.82, 2.24) is 19.9 Å². The first-order valence-electron chi connectivity index (χ1n) is 9.97. The molecule has 0 fully saturated rings. The predicted octanol–water partition coefficient (Wildman–Crippen LogP) is 4.31. The van der Waals surface area contributed by atoms with E-state index in [2.05, 4.69) is 14.9 Å². The van der Waals surface area contributed by atoms with Crippen LogP contribution < -0.4 is 10.1 Å². The standard InChI is InChI=1S/C24H24N4O2/c1-17-6-5-7-20(16-17)30-15-14-28-22-9-4-3-8-21(22)27-23(28)18(2)26-24(29)19-10-12-25-13-11-19/h3-13,16,18H,14-15H2,1-2H3,(H,26,29). The van der Waals surface area contributed by atoms with Crippen molar-refractivity contribution in [3.05, 3.63) is 90.0 Å². The van der Waals surface area contributed by atoms with Gasteiger partial charge in [0.25, 0.3) is 5.91 Å². The molecule has 1 unspecified atom stereocenters. The summed E-state index contributed by atoms with van der Waals surface area (Å²) in [5.74, 6) is 1.49. The van der Waals surface area contributed by atoms with Crippen molar-refractivity contribution in [2.75, 3.05) is 6.61 Å². The molecule has 1 atom stereocenters. The Hall–Kier alpha value is -3.67. The van der Waals surface area contributed by atoms with Gasteiger partial charge in [0.2, 0.25) is 0 Å². The van der Waals surface area contributed by atoms with Crippen LogP contribution in [0.4, 0.5) is 0 Å². The SMILES string of the molecule is Cc1cccc(OCCn2c(C(C)NC(=O)c3ccncc3)nc3ccccc32)c1. The predicted molar refractivity (Wildman–Crippen MR) is 117 cm³/mol. The van der Waals surface area contributed by atoms with E-state index in [9.17, 15) is 4.79 Å². The summed E-state index contributed by atoms with van der Waals surface area (Å²) in [4.78, 5) is 21.3. The van der Waals surface area contributed by atoms with E-state index >= 15 is 0 Å². The van der Waals surface area contributed by atoms with Gasteiger partial charge in [0.05, 0.1) is 23.6 Å². The van der Waals surface area contributed by atoms with Gasteiger partial charge in [0.15, 0.2) is 0 Å². The molecule has 0 aliphatic rings. The zero-order chi connectivity index (χ0) is 20.9. The van der Waals surface area contributed by atoms with Gasteiger partial charge in [-0.05, 0) is 55.8 Å². The maximum absolute atomic E-state index is 12.6. The summed E-state index contributed by atoms with van der Waals surface area (Å²) in [6.07, 6.45) is 3.22. The van der Waals surface area contributed by atoms with Crippen LogP contribution in [0.1, 0.15) is 34.7 Å². The second-order valence-corrected chi connectivity index (χ2v) is 7.21. The number of carbonyl (C=O) groups is 1. The number of aryl methyl sites for hydroxylation is 1. The van der Waals surface area contributed by atoms with Crippen LogP contribution in [0.5, 0.6) is 5.75 Å². The number of hydrogen-bond donors (Lipinski definition) is 1. The van der Waals surface area contributed by atoms with Gasteiger partial charge in [-0.1, -0.05) is 24.3 Å². The van der Waals surface area contributed by atoms with Crippen LogP contribution >= 0.6 is 0 Å². The quantitative estimate of drug-likeness (QED) is 0.502. The molecule has 6 nitrogen and oxygen atoms in total. The maximum atomic E-state index is 12.6. The molecule has 0 aliphatic heterocycles. The van der Waals surface area contributed by atoms with Crippen LogP contribution in [0.3, 0.4) is 0 Å². The van der Waals surface area contributed by atoms with E-state index in [1.807, 2.05) is 62.4 Å². The molecule has 0 bridgehead atoms. The first-order valence-corrected chi connectivity index (χ1v) is 9.97. The molecule has 2 heterocycles. The van der Waals surface area contributed by atoms with Gasteiger partial charge in [-0.25, -0.2) is 4.98 Å². The summed E-state index contributed by atoms with van der Waals surface area (Å²) < 4.78 is 8.07. The van der Waals surface area contributed by atoms with Gasteiger partial charge in [-0.3, -0.25) is 9.78 Å². The van der Waals surface area contributed by atoms with Crippen LogP contribution in [0.15, 0.2) is 73.1 Å². The van der Waals surface area contributed by atoms with Crippen molar-refractivity contribution in [3.8, 4) is 5.75 Å². The Morgan fingerprint density at radius 2 is 1.90 bits per heavy atom. The smallest absolute Gasteiger partial charge is 0.251 e. The molecular weight excluding hydrogens is 376 g/mol. The van der Waals surface area contributed by atoms with Crippen molar-refractivity contribution >= 4 is 16.9 Å². The summed E-state index contributed by atoms with van der Waals surface area (Å²) >= 11 is 0. The minimum atomic E-state index is -0.267. The van der Waals surface area contributed by atoms with Crippen LogP contribution in [0.2, 0.25) is 0 Å². The number of fused-ring (bicyclic) bond motifs is 1. The second-order valence-electron chi connectivity index (χ2n) is 7.21. The van der Waals surface area contributed by atoms with E-state index in [1.54, 1.807) is 24.5 Å². The second kappa shape index (κ2) is 8.78. The molecular formula is C24H24N4O2. The molecule has 4 rings (SSSR count). The molecule has 0 saturated heterocycles. The molecule has 2 aromatic heterocycles. The van der Waals surface area contributed by atoms with E-state index in [-0.39, 0.29) is 11.9 Å². The van der Waals surface area contributed by atoms with Crippen LogP contribution in [-0.2, 0) is 6.54 Å². The van der Waals surface area contributed by atoms with Crippen molar-refractivity contribution in [2.24, 2.45) is 0 Å². The number of aromatic nitrogens is 3. The number of imidazole rings is 1. The largest absolute Gasteiger partial charge is 0.492 e. The number of ether oxygens (including phenoxy) is 1. The highest BCUT2D eigenvalue weighted by Crippen LogP contribution is 2.21. The lowest BCUT2D eigenvalue weighted by Gasteiger charge is -2.17. The molecule has 0 radical (unpaired) electrons. The number of hydrogen-bond acceptors (Lipinski definition) is 4. The zero-order valence-corrected chi connectivity index (χ0v) is 17.1. The molecule has 2 aromatic carbocycles. The lowest BCUT2D eigenvalue weighted by Crippen LogP contribution is -2.29. The summed E-state index contributed by atoms with van der Waals surface area (Å²) in [6.45, 7) is 5.11. The van der Waals surface area contributed by atoms with Gasteiger partial charge in [0, 0.05) is 18.0 Å². The molecule has 1 N–H and O–H groups in total. The maximum Gasteiger partial charge on any atom is 0.251 e. The number of carbonyl (C=O) groups excluding carboxylic acids is 1. The molecule has 1 amide bonds. The van der Waals surface area contributed by atoms with E-state index in [4.69, 9.17) is 9.72 Å². The minimum Gasteiger partial charge on any atom is -0.492 e. The van der Waals surface area contributed by atoms with Crippen molar-refractivity contribution < 1.29 is 9.53 Å². The first-order chi connectivity index (χ1) is 14.6. The zero-order valence-electron chi connectivity index (χ0n) is 17.1. The Morgan fingerprint density at radius 3 is 2.70 bits per heavy atom. The highest BCUT2D eigenvalue weighted by molar-refractivity contribution is 5.94. The number of pyridine rings is 1. The van der Waals surface area contributed by atoms with E-state index in [1.165, 1.54) is 0 Å². The van der Waals surface area contributed by atoms with Gasteiger partial charge < -0.3 is 14.6 Å².